The third-order valence-electron chi connectivity index (χ3n) is 4.82. The monoisotopic (exact) mass is 380 g/mol. The molecule has 2 aromatic rings. The van der Waals surface area contributed by atoms with Gasteiger partial charge in [0.05, 0.1) is 5.54 Å². The molecule has 1 fully saturated rings. The lowest BCUT2D eigenvalue weighted by atomic mass is 10.00. The SMILES string of the molecule is C=CCN1C(=O)N(c2ccccc2)[C@@H](N(O)C(=O)Nc2ccccc2)C1(C)C. The average molecular weight is 380 g/mol. The van der Waals surface area contributed by atoms with E-state index in [1.54, 1.807) is 73.4 Å². The van der Waals surface area contributed by atoms with Crippen LogP contribution in [0, 0.1) is 0 Å². The van der Waals surface area contributed by atoms with E-state index in [1.165, 1.54) is 4.90 Å². The molecular weight excluding hydrogens is 356 g/mol. The van der Waals surface area contributed by atoms with E-state index in [-0.39, 0.29) is 6.03 Å². The Morgan fingerprint density at radius 2 is 1.75 bits per heavy atom. The van der Waals surface area contributed by atoms with E-state index < -0.39 is 17.7 Å². The van der Waals surface area contributed by atoms with Crippen LogP contribution in [0.25, 0.3) is 0 Å². The van der Waals surface area contributed by atoms with Crippen molar-refractivity contribution in [1.29, 1.82) is 0 Å². The molecule has 3 rings (SSSR count). The third-order valence-corrected chi connectivity index (χ3v) is 4.82. The van der Waals surface area contributed by atoms with Crippen molar-refractivity contribution < 1.29 is 14.8 Å². The Labute approximate surface area is 164 Å². The van der Waals surface area contributed by atoms with Gasteiger partial charge in [-0.2, -0.15) is 5.06 Å². The van der Waals surface area contributed by atoms with Crippen molar-refractivity contribution in [2.75, 3.05) is 16.8 Å². The molecule has 1 heterocycles. The maximum absolute atomic E-state index is 13.1. The Hall–Kier alpha value is -3.32. The Morgan fingerprint density at radius 3 is 2.32 bits per heavy atom. The van der Waals surface area contributed by atoms with Crippen molar-refractivity contribution in [2.45, 2.75) is 25.6 Å². The van der Waals surface area contributed by atoms with Crippen LogP contribution in [0.1, 0.15) is 13.8 Å². The minimum absolute atomic E-state index is 0.291. The van der Waals surface area contributed by atoms with Crippen molar-refractivity contribution in [1.82, 2.24) is 9.96 Å². The predicted molar refractivity (Wildman–Crippen MR) is 108 cm³/mol. The molecule has 1 saturated heterocycles. The molecule has 0 unspecified atom stereocenters. The first-order valence-electron chi connectivity index (χ1n) is 8.99. The van der Waals surface area contributed by atoms with Crippen molar-refractivity contribution >= 4 is 23.4 Å². The molecule has 1 aliphatic heterocycles. The van der Waals surface area contributed by atoms with Crippen LogP contribution in [-0.2, 0) is 0 Å². The average Bonchev–Trinajstić information content (AvgIpc) is 2.89. The van der Waals surface area contributed by atoms with Crippen molar-refractivity contribution in [3.05, 3.63) is 73.3 Å². The highest BCUT2D eigenvalue weighted by Gasteiger charge is 2.55. The molecule has 28 heavy (non-hydrogen) atoms. The number of nitrogens with one attached hydrogen (secondary N) is 1. The highest BCUT2D eigenvalue weighted by Crippen LogP contribution is 2.37. The van der Waals surface area contributed by atoms with Gasteiger partial charge in [0.25, 0.3) is 0 Å². The first-order valence-corrected chi connectivity index (χ1v) is 8.99. The number of nitrogens with zero attached hydrogens (tertiary/aromatic N) is 3. The number of carbonyl (C=O) groups excluding carboxylic acids is 2. The Bertz CT molecular complexity index is 854. The summed E-state index contributed by atoms with van der Waals surface area (Å²) in [6, 6.07) is 16.8. The molecule has 2 aromatic carbocycles. The second-order valence-electron chi connectivity index (χ2n) is 7.06. The molecule has 0 saturated carbocycles. The lowest BCUT2D eigenvalue weighted by molar-refractivity contribution is -0.0941. The maximum Gasteiger partial charge on any atom is 0.347 e. The summed E-state index contributed by atoms with van der Waals surface area (Å²) in [6.45, 7) is 7.62. The van der Waals surface area contributed by atoms with Gasteiger partial charge in [-0.05, 0) is 38.1 Å². The molecule has 1 aliphatic rings. The van der Waals surface area contributed by atoms with Crippen LogP contribution in [-0.4, -0.2) is 45.5 Å². The van der Waals surface area contributed by atoms with E-state index in [1.807, 2.05) is 12.1 Å². The first-order chi connectivity index (χ1) is 13.4. The molecule has 4 amide bonds. The molecule has 0 aromatic heterocycles. The van der Waals surface area contributed by atoms with E-state index in [9.17, 15) is 14.8 Å². The molecule has 0 radical (unpaired) electrons. The Morgan fingerprint density at radius 1 is 1.18 bits per heavy atom. The highest BCUT2D eigenvalue weighted by atomic mass is 16.5. The fourth-order valence-corrected chi connectivity index (χ4v) is 3.44. The van der Waals surface area contributed by atoms with Gasteiger partial charge in [-0.1, -0.05) is 42.5 Å². The number of hydrogen-bond donors (Lipinski definition) is 2. The number of anilines is 2. The van der Waals surface area contributed by atoms with Gasteiger partial charge in [-0.15, -0.1) is 6.58 Å². The number of amides is 4. The number of hydrogen-bond acceptors (Lipinski definition) is 3. The van der Waals surface area contributed by atoms with E-state index in [4.69, 9.17) is 0 Å². The zero-order valence-corrected chi connectivity index (χ0v) is 15.9. The van der Waals surface area contributed by atoms with E-state index >= 15 is 0 Å². The summed E-state index contributed by atoms with van der Waals surface area (Å²) in [7, 11) is 0. The zero-order valence-electron chi connectivity index (χ0n) is 15.9. The van der Waals surface area contributed by atoms with Gasteiger partial charge >= 0.3 is 12.1 Å². The van der Waals surface area contributed by atoms with Crippen LogP contribution in [0.5, 0.6) is 0 Å². The standard InChI is InChI=1S/C21H24N4O3/c1-4-15-23-20(27)24(17-13-9-6-10-14-17)18(21(23,2)3)25(28)19(26)22-16-11-7-5-8-12-16/h4-14,18,28H,1,15H2,2-3H3,(H,22,26)/t18-/m0/s1. The maximum atomic E-state index is 13.1. The summed E-state index contributed by atoms with van der Waals surface area (Å²) in [4.78, 5) is 28.9. The molecule has 0 spiro atoms. The van der Waals surface area contributed by atoms with Gasteiger partial charge in [0, 0.05) is 17.9 Å². The zero-order chi connectivity index (χ0) is 20.3. The van der Waals surface area contributed by atoms with Crippen LogP contribution < -0.4 is 10.2 Å². The minimum atomic E-state index is -0.939. The fourth-order valence-electron chi connectivity index (χ4n) is 3.44. The van der Waals surface area contributed by atoms with Crippen LogP contribution in [0.2, 0.25) is 0 Å². The van der Waals surface area contributed by atoms with Crippen LogP contribution in [0.3, 0.4) is 0 Å². The second-order valence-corrected chi connectivity index (χ2v) is 7.06. The first kappa shape index (κ1) is 19.4. The highest BCUT2D eigenvalue weighted by molar-refractivity contribution is 5.98. The molecule has 7 nitrogen and oxygen atoms in total. The van der Waals surface area contributed by atoms with Crippen molar-refractivity contribution in [3.63, 3.8) is 0 Å². The summed E-state index contributed by atoms with van der Waals surface area (Å²) in [6.07, 6.45) is 0.683. The normalized spacial score (nSPS) is 18.1. The largest absolute Gasteiger partial charge is 0.347 e. The Balaban J connectivity index is 1.97. The second kappa shape index (κ2) is 7.74. The van der Waals surface area contributed by atoms with Crippen LogP contribution in [0.15, 0.2) is 73.3 Å². The lowest BCUT2D eigenvalue weighted by Crippen LogP contribution is -2.58. The molecule has 2 N–H and O–H groups in total. The molecule has 7 heteroatoms. The van der Waals surface area contributed by atoms with Gasteiger partial charge in [-0.25, -0.2) is 9.59 Å². The Kier molecular flexibility index (Phi) is 5.37. The fraction of sp³-hybridized carbons (Fsp3) is 0.238. The molecule has 146 valence electrons. The topological polar surface area (TPSA) is 76.1 Å². The summed E-state index contributed by atoms with van der Waals surface area (Å²) in [5, 5.41) is 14.1. The van der Waals surface area contributed by atoms with E-state index in [0.29, 0.717) is 23.0 Å². The molecule has 0 bridgehead atoms. The van der Waals surface area contributed by atoms with Crippen molar-refractivity contribution in [3.8, 4) is 0 Å². The predicted octanol–water partition coefficient (Wildman–Crippen LogP) is 4.14. The smallest absolute Gasteiger partial charge is 0.311 e. The summed E-state index contributed by atoms with van der Waals surface area (Å²) >= 11 is 0. The van der Waals surface area contributed by atoms with Gasteiger partial charge < -0.3 is 10.2 Å². The number of urea groups is 2. The number of carbonyl (C=O) groups is 2. The molecule has 1 atom stereocenters. The van der Waals surface area contributed by atoms with Crippen LogP contribution in [0.4, 0.5) is 21.0 Å². The van der Waals surface area contributed by atoms with Gasteiger partial charge in [-0.3, -0.25) is 10.1 Å². The number of rotatable bonds is 5. The van der Waals surface area contributed by atoms with Crippen LogP contribution >= 0.6 is 0 Å². The van der Waals surface area contributed by atoms with Gasteiger partial charge in [0.15, 0.2) is 6.17 Å². The summed E-state index contributed by atoms with van der Waals surface area (Å²) in [5.74, 6) is 0. The number of benzene rings is 2. The third kappa shape index (κ3) is 3.44. The van der Waals surface area contributed by atoms with Crippen molar-refractivity contribution in [2.24, 2.45) is 0 Å². The summed E-state index contributed by atoms with van der Waals surface area (Å²) < 4.78 is 0. The van der Waals surface area contributed by atoms with E-state index in [0.717, 1.165) is 0 Å². The van der Waals surface area contributed by atoms with E-state index in [2.05, 4.69) is 11.9 Å². The molecular formula is C21H24N4O3. The summed E-state index contributed by atoms with van der Waals surface area (Å²) in [5.41, 5.74) is 0.260. The number of hydroxylamine groups is 2. The quantitative estimate of drug-likeness (QED) is 0.465. The number of para-hydroxylation sites is 2. The minimum Gasteiger partial charge on any atom is -0.311 e. The van der Waals surface area contributed by atoms with Gasteiger partial charge in [0.2, 0.25) is 0 Å². The lowest BCUT2D eigenvalue weighted by Gasteiger charge is -2.38. The molecule has 0 aliphatic carbocycles. The van der Waals surface area contributed by atoms with Gasteiger partial charge in [0.1, 0.15) is 0 Å².